The maximum absolute atomic E-state index is 12.3. The van der Waals surface area contributed by atoms with Crippen molar-refractivity contribution < 1.29 is 0 Å². The van der Waals surface area contributed by atoms with Gasteiger partial charge in [-0.2, -0.15) is 0 Å². The van der Waals surface area contributed by atoms with Gasteiger partial charge in [0, 0.05) is 13.3 Å². The summed E-state index contributed by atoms with van der Waals surface area (Å²) in [6, 6.07) is 19.5. The van der Waals surface area contributed by atoms with E-state index in [9.17, 15) is 4.79 Å². The molecule has 2 aromatic carbocycles. The van der Waals surface area contributed by atoms with E-state index < -0.39 is 0 Å². The van der Waals surface area contributed by atoms with E-state index in [1.54, 1.807) is 19.2 Å². The normalized spacial score (nSPS) is 9.77. The lowest BCUT2D eigenvalue weighted by Gasteiger charge is -2.10. The number of rotatable bonds is 4. The van der Waals surface area contributed by atoms with Gasteiger partial charge >= 0.3 is 0 Å². The molecule has 0 aliphatic rings. The Balaban J connectivity index is 0.000000254. The number of nitrogens with one attached hydrogen (secondary N) is 3. The Morgan fingerprint density at radius 2 is 1.69 bits per heavy atom. The molecule has 0 unspecified atom stereocenters. The second-order valence-electron chi connectivity index (χ2n) is 5.43. The molecule has 0 saturated carbocycles. The SMILES string of the molecule is CCc1ccccc1.CNc1[nH]c(=S)n(-c2ccccc2)c(=O)c1C=N. The van der Waals surface area contributed by atoms with Gasteiger partial charge in [0.05, 0.1) is 11.3 Å². The van der Waals surface area contributed by atoms with Gasteiger partial charge in [0.15, 0.2) is 4.77 Å². The molecule has 3 aromatic rings. The number of anilines is 1. The van der Waals surface area contributed by atoms with E-state index in [1.165, 1.54) is 10.1 Å². The van der Waals surface area contributed by atoms with Gasteiger partial charge in [-0.05, 0) is 36.3 Å². The third kappa shape index (κ3) is 4.55. The molecule has 0 radical (unpaired) electrons. The summed E-state index contributed by atoms with van der Waals surface area (Å²) in [5, 5.41) is 10.1. The molecule has 26 heavy (non-hydrogen) atoms. The molecule has 1 aromatic heterocycles. The van der Waals surface area contributed by atoms with Crippen LogP contribution in [-0.2, 0) is 6.42 Å². The van der Waals surface area contributed by atoms with Crippen molar-refractivity contribution in [3.05, 3.63) is 86.9 Å². The fourth-order valence-corrected chi connectivity index (χ4v) is 2.70. The molecule has 0 saturated heterocycles. The number of aromatic amines is 1. The molecule has 0 atom stereocenters. The van der Waals surface area contributed by atoms with Crippen molar-refractivity contribution in [2.75, 3.05) is 12.4 Å². The second-order valence-corrected chi connectivity index (χ2v) is 5.82. The summed E-state index contributed by atoms with van der Waals surface area (Å²) >= 11 is 5.18. The molecule has 0 amide bonds. The highest BCUT2D eigenvalue weighted by atomic mass is 32.1. The number of H-pyrrole nitrogens is 1. The van der Waals surface area contributed by atoms with E-state index in [0.717, 1.165) is 12.6 Å². The van der Waals surface area contributed by atoms with Gasteiger partial charge in [0.1, 0.15) is 5.82 Å². The minimum absolute atomic E-state index is 0.245. The van der Waals surface area contributed by atoms with Crippen molar-refractivity contribution in [2.24, 2.45) is 0 Å². The fourth-order valence-electron chi connectivity index (χ4n) is 2.41. The lowest BCUT2D eigenvalue weighted by atomic mass is 10.2. The highest BCUT2D eigenvalue weighted by Crippen LogP contribution is 2.09. The summed E-state index contributed by atoms with van der Waals surface area (Å²) in [5.41, 5.74) is 2.02. The van der Waals surface area contributed by atoms with E-state index in [1.807, 2.05) is 24.3 Å². The summed E-state index contributed by atoms with van der Waals surface area (Å²) in [5.74, 6) is 0.451. The Hall–Kier alpha value is -2.99. The van der Waals surface area contributed by atoms with Crippen LogP contribution in [0.1, 0.15) is 18.1 Å². The average molecular weight is 366 g/mol. The van der Waals surface area contributed by atoms with Crippen LogP contribution in [0.5, 0.6) is 0 Å². The number of hydrogen-bond acceptors (Lipinski definition) is 4. The zero-order valence-electron chi connectivity index (χ0n) is 14.8. The monoisotopic (exact) mass is 366 g/mol. The van der Waals surface area contributed by atoms with Gasteiger partial charge in [-0.15, -0.1) is 0 Å². The molecular weight excluding hydrogens is 344 g/mol. The summed E-state index contributed by atoms with van der Waals surface area (Å²) in [7, 11) is 1.67. The predicted molar refractivity (Wildman–Crippen MR) is 110 cm³/mol. The summed E-state index contributed by atoms with van der Waals surface area (Å²) in [6.45, 7) is 2.16. The van der Waals surface area contributed by atoms with Crippen LogP contribution in [0.15, 0.2) is 65.5 Å². The maximum atomic E-state index is 12.3. The smallest absolute Gasteiger partial charge is 0.269 e. The van der Waals surface area contributed by atoms with Gasteiger partial charge in [-0.1, -0.05) is 55.5 Å². The number of nitrogens with zero attached hydrogens (tertiary/aromatic N) is 1. The number of benzene rings is 2. The lowest BCUT2D eigenvalue weighted by molar-refractivity contribution is 0.911. The van der Waals surface area contributed by atoms with Crippen LogP contribution >= 0.6 is 12.2 Å². The molecule has 134 valence electrons. The largest absolute Gasteiger partial charge is 0.374 e. The fraction of sp³-hybridized carbons (Fsp3) is 0.150. The molecule has 3 rings (SSSR count). The Morgan fingerprint density at radius 3 is 2.15 bits per heavy atom. The van der Waals surface area contributed by atoms with Crippen LogP contribution in [0.4, 0.5) is 5.82 Å². The predicted octanol–water partition coefficient (Wildman–Crippen LogP) is 4.18. The van der Waals surface area contributed by atoms with E-state index in [0.29, 0.717) is 16.3 Å². The van der Waals surface area contributed by atoms with Crippen LogP contribution in [0.2, 0.25) is 0 Å². The van der Waals surface area contributed by atoms with Crippen LogP contribution in [0.25, 0.3) is 5.69 Å². The van der Waals surface area contributed by atoms with Gasteiger partial charge < -0.3 is 15.7 Å². The molecule has 0 aliphatic heterocycles. The van der Waals surface area contributed by atoms with Crippen LogP contribution in [0.3, 0.4) is 0 Å². The molecule has 6 heteroatoms. The quantitative estimate of drug-likeness (QED) is 0.479. The molecule has 0 fully saturated rings. The van der Waals surface area contributed by atoms with Crippen molar-refractivity contribution in [1.82, 2.24) is 9.55 Å². The van der Waals surface area contributed by atoms with E-state index >= 15 is 0 Å². The standard InChI is InChI=1S/C12H12N4OS.C8H10/c1-14-10-9(7-13)11(17)16(12(18)15-10)8-5-3-2-4-6-8;1-2-8-6-4-3-5-7-8/h2-7,13-14H,1H3,(H,15,18);3-7H,2H2,1H3. The Kier molecular flexibility index (Phi) is 7.05. The number of hydrogen-bond donors (Lipinski definition) is 3. The molecule has 5 nitrogen and oxygen atoms in total. The first-order valence-corrected chi connectivity index (χ1v) is 8.70. The minimum atomic E-state index is -0.315. The van der Waals surface area contributed by atoms with Crippen LogP contribution < -0.4 is 10.9 Å². The second kappa shape index (κ2) is 9.48. The van der Waals surface area contributed by atoms with E-state index in [-0.39, 0.29) is 11.1 Å². The van der Waals surface area contributed by atoms with E-state index in [4.69, 9.17) is 17.6 Å². The number of aryl methyl sites for hydroxylation is 1. The average Bonchev–Trinajstić information content (AvgIpc) is 2.69. The Bertz CT molecular complexity index is 963. The van der Waals surface area contributed by atoms with Gasteiger partial charge in [0.25, 0.3) is 5.56 Å². The van der Waals surface area contributed by atoms with Crippen molar-refractivity contribution in [1.29, 1.82) is 5.41 Å². The number of para-hydroxylation sites is 1. The molecule has 0 bridgehead atoms. The molecule has 0 aliphatic carbocycles. The summed E-state index contributed by atoms with van der Waals surface area (Å²) in [6.07, 6.45) is 2.15. The van der Waals surface area contributed by atoms with Crippen LogP contribution in [-0.4, -0.2) is 22.8 Å². The Morgan fingerprint density at radius 1 is 1.12 bits per heavy atom. The Labute approximate surface area is 157 Å². The molecule has 0 spiro atoms. The third-order valence-corrected chi connectivity index (χ3v) is 4.08. The third-order valence-electron chi connectivity index (χ3n) is 3.80. The molecule has 1 heterocycles. The first-order chi connectivity index (χ1) is 12.6. The topological polar surface area (TPSA) is 73.7 Å². The maximum Gasteiger partial charge on any atom is 0.269 e. The first kappa shape index (κ1) is 19.3. The van der Waals surface area contributed by atoms with Gasteiger partial charge in [-0.25, -0.2) is 0 Å². The number of aromatic nitrogens is 2. The first-order valence-electron chi connectivity index (χ1n) is 8.29. The minimum Gasteiger partial charge on any atom is -0.374 e. The molecular formula is C20H22N4OS. The van der Waals surface area contributed by atoms with E-state index in [2.05, 4.69) is 41.5 Å². The van der Waals surface area contributed by atoms with Crippen LogP contribution in [0, 0.1) is 10.2 Å². The summed E-state index contributed by atoms with van der Waals surface area (Å²) < 4.78 is 1.66. The molecule has 3 N–H and O–H groups in total. The summed E-state index contributed by atoms with van der Waals surface area (Å²) in [4.78, 5) is 15.2. The lowest BCUT2D eigenvalue weighted by Crippen LogP contribution is -2.25. The van der Waals surface area contributed by atoms with Crippen molar-refractivity contribution >= 4 is 24.3 Å². The van der Waals surface area contributed by atoms with Gasteiger partial charge in [0.2, 0.25) is 0 Å². The van der Waals surface area contributed by atoms with Crippen molar-refractivity contribution in [3.8, 4) is 5.69 Å². The van der Waals surface area contributed by atoms with Crippen molar-refractivity contribution in [3.63, 3.8) is 0 Å². The zero-order chi connectivity index (χ0) is 18.9. The van der Waals surface area contributed by atoms with Crippen molar-refractivity contribution in [2.45, 2.75) is 13.3 Å². The van der Waals surface area contributed by atoms with Gasteiger partial charge in [-0.3, -0.25) is 9.36 Å². The highest BCUT2D eigenvalue weighted by Gasteiger charge is 2.10. The highest BCUT2D eigenvalue weighted by molar-refractivity contribution is 7.71. The zero-order valence-corrected chi connectivity index (χ0v) is 15.6.